The molecule has 2 atom stereocenters. The smallest absolute Gasteiger partial charge is 0.356 e. The van der Waals surface area contributed by atoms with E-state index in [0.29, 0.717) is 4.57 Å². The number of carbonyl (C=O) groups excluding carboxylic acids is 3. The van der Waals surface area contributed by atoms with Crippen molar-refractivity contribution in [2.45, 2.75) is 31.7 Å². The second-order valence-electron chi connectivity index (χ2n) is 8.69. The van der Waals surface area contributed by atoms with Gasteiger partial charge in [-0.2, -0.15) is 4.39 Å². The predicted molar refractivity (Wildman–Crippen MR) is 130 cm³/mol. The second-order valence-corrected chi connectivity index (χ2v) is 10.7. The van der Waals surface area contributed by atoms with E-state index in [1.165, 1.54) is 18.2 Å². The number of nitrogens with one attached hydrogen (secondary N) is 1. The number of carbonyl (C=O) groups is 3. The number of hydrogen-bond acceptors (Lipinski definition) is 4. The number of aromatic nitrogens is 1. The van der Waals surface area contributed by atoms with Crippen molar-refractivity contribution in [1.29, 1.82) is 0 Å². The summed E-state index contributed by atoms with van der Waals surface area (Å²) >= 11 is 5.73. The summed E-state index contributed by atoms with van der Waals surface area (Å²) in [6.45, 7) is -1.61. The normalized spacial score (nSPS) is 17.7. The number of rotatable bonds is 7. The lowest BCUT2D eigenvalue weighted by Crippen LogP contribution is -2.46. The van der Waals surface area contributed by atoms with Crippen molar-refractivity contribution in [3.05, 3.63) is 64.3 Å². The summed E-state index contributed by atoms with van der Waals surface area (Å²) in [6.07, 6.45) is -1.94. The molecular formula is C23H21ClF3N4O6P. The van der Waals surface area contributed by atoms with Gasteiger partial charge in [0.05, 0.1) is 22.4 Å². The topological polar surface area (TPSA) is 155 Å². The highest BCUT2D eigenvalue weighted by Gasteiger charge is 2.40. The highest BCUT2D eigenvalue weighted by molar-refractivity contribution is 7.60. The third kappa shape index (κ3) is 5.28. The Morgan fingerprint density at radius 3 is 2.55 bits per heavy atom. The molecule has 1 aliphatic heterocycles. The minimum Gasteiger partial charge on any atom is -0.365 e. The Morgan fingerprint density at radius 2 is 1.89 bits per heavy atom. The lowest BCUT2D eigenvalue weighted by atomic mass is 10.1. The fraction of sp³-hybridized carbons (Fsp3) is 0.261. The molecule has 2 aromatic carbocycles. The lowest BCUT2D eigenvalue weighted by Gasteiger charge is -2.24. The molecule has 1 fully saturated rings. The maximum Gasteiger partial charge on any atom is 0.356 e. The molecule has 4 rings (SSSR count). The number of alkyl halides is 1. The van der Waals surface area contributed by atoms with Gasteiger partial charge in [0.15, 0.2) is 0 Å². The third-order valence-electron chi connectivity index (χ3n) is 6.22. The average Bonchev–Trinajstić information content (AvgIpc) is 3.36. The number of nitrogens with two attached hydrogens (primary N) is 1. The monoisotopic (exact) mass is 572 g/mol. The van der Waals surface area contributed by atoms with Crippen LogP contribution in [0.1, 0.15) is 22.3 Å². The van der Waals surface area contributed by atoms with Crippen molar-refractivity contribution in [3.8, 4) is 0 Å². The van der Waals surface area contributed by atoms with Gasteiger partial charge in [-0.05, 0) is 18.2 Å². The van der Waals surface area contributed by atoms with Crippen molar-refractivity contribution in [1.82, 2.24) is 14.8 Å². The van der Waals surface area contributed by atoms with Gasteiger partial charge in [0.1, 0.15) is 30.1 Å². The number of amides is 3. The Bertz CT molecular complexity index is 1510. The van der Waals surface area contributed by atoms with Crippen molar-refractivity contribution in [2.24, 2.45) is 5.73 Å². The molecule has 1 aromatic heterocycles. The summed E-state index contributed by atoms with van der Waals surface area (Å²) in [5.74, 6) is -4.85. The van der Waals surface area contributed by atoms with Gasteiger partial charge in [0, 0.05) is 23.9 Å². The van der Waals surface area contributed by atoms with Crippen LogP contribution in [0.3, 0.4) is 0 Å². The largest absolute Gasteiger partial charge is 0.365 e. The zero-order valence-corrected chi connectivity index (χ0v) is 21.1. The van der Waals surface area contributed by atoms with E-state index in [2.05, 4.69) is 5.32 Å². The Kier molecular flexibility index (Phi) is 7.57. The van der Waals surface area contributed by atoms with Crippen molar-refractivity contribution in [3.63, 3.8) is 0 Å². The Hall–Kier alpha value is -3.38. The molecule has 3 amide bonds. The molecule has 0 saturated carbocycles. The Balaban J connectivity index is 1.61. The molecule has 0 spiro atoms. The number of hydrogen-bond donors (Lipinski definition) is 4. The first kappa shape index (κ1) is 27.6. The first-order valence-electron chi connectivity index (χ1n) is 11.1. The molecule has 202 valence electrons. The van der Waals surface area contributed by atoms with Crippen LogP contribution in [-0.4, -0.2) is 55.7 Å². The number of benzene rings is 2. The van der Waals surface area contributed by atoms with Gasteiger partial charge in [0.2, 0.25) is 17.8 Å². The zero-order chi connectivity index (χ0) is 27.9. The Morgan fingerprint density at radius 1 is 1.18 bits per heavy atom. The van der Waals surface area contributed by atoms with E-state index in [9.17, 15) is 37.5 Å². The summed E-state index contributed by atoms with van der Waals surface area (Å²) in [6, 6.07) is 5.90. The molecule has 15 heteroatoms. The van der Waals surface area contributed by atoms with E-state index < -0.39 is 73.3 Å². The van der Waals surface area contributed by atoms with Gasteiger partial charge in [-0.25, -0.2) is 8.78 Å². The highest BCUT2D eigenvalue weighted by Crippen LogP contribution is 2.35. The van der Waals surface area contributed by atoms with Crippen molar-refractivity contribution >= 4 is 53.1 Å². The molecule has 0 bridgehead atoms. The first-order valence-corrected chi connectivity index (χ1v) is 13.1. The number of halogens is 4. The van der Waals surface area contributed by atoms with Crippen LogP contribution in [-0.2, 0) is 27.2 Å². The molecule has 10 nitrogen and oxygen atoms in total. The van der Waals surface area contributed by atoms with Crippen LogP contribution in [0.25, 0.3) is 10.9 Å². The molecule has 0 aliphatic carbocycles. The molecule has 1 saturated heterocycles. The molecule has 5 N–H and O–H groups in total. The number of nitrogens with zero attached hydrogens (tertiary/aromatic N) is 2. The first-order chi connectivity index (χ1) is 17.8. The van der Waals surface area contributed by atoms with Crippen LogP contribution >= 0.6 is 19.2 Å². The minimum atomic E-state index is -4.78. The van der Waals surface area contributed by atoms with Gasteiger partial charge in [-0.15, -0.1) is 0 Å². The fourth-order valence-electron chi connectivity index (χ4n) is 4.40. The van der Waals surface area contributed by atoms with Crippen LogP contribution in [0.5, 0.6) is 0 Å². The number of primary amides is 1. The van der Waals surface area contributed by atoms with E-state index >= 15 is 4.39 Å². The van der Waals surface area contributed by atoms with E-state index in [1.54, 1.807) is 0 Å². The molecule has 38 heavy (non-hydrogen) atoms. The molecule has 0 unspecified atom stereocenters. The predicted octanol–water partition coefficient (Wildman–Crippen LogP) is 1.73. The van der Waals surface area contributed by atoms with E-state index in [1.807, 2.05) is 0 Å². The third-order valence-corrected chi connectivity index (χ3v) is 7.46. The van der Waals surface area contributed by atoms with Gasteiger partial charge < -0.3 is 30.3 Å². The lowest BCUT2D eigenvalue weighted by molar-refractivity contribution is -0.139. The summed E-state index contributed by atoms with van der Waals surface area (Å²) in [5, 5.41) is 1.69. The average molecular weight is 573 g/mol. The number of fused-ring (bicyclic) bond motifs is 1. The van der Waals surface area contributed by atoms with Crippen LogP contribution < -0.4 is 16.4 Å². The summed E-state index contributed by atoms with van der Waals surface area (Å²) in [7, 11) is -4.78. The summed E-state index contributed by atoms with van der Waals surface area (Å²) < 4.78 is 56.1. The van der Waals surface area contributed by atoms with Crippen LogP contribution in [0.15, 0.2) is 36.4 Å². The zero-order valence-electron chi connectivity index (χ0n) is 19.4. The minimum absolute atomic E-state index is 0.0687. The van der Waals surface area contributed by atoms with Crippen LogP contribution in [0.2, 0.25) is 5.02 Å². The van der Waals surface area contributed by atoms with Gasteiger partial charge in [0.25, 0.3) is 5.91 Å². The molecule has 0 radical (unpaired) electrons. The van der Waals surface area contributed by atoms with E-state index in [0.717, 1.165) is 23.1 Å². The van der Waals surface area contributed by atoms with Gasteiger partial charge in [-0.1, -0.05) is 29.8 Å². The quantitative estimate of drug-likeness (QED) is 0.316. The molecular weight excluding hydrogens is 552 g/mol. The van der Waals surface area contributed by atoms with Gasteiger partial charge >= 0.3 is 7.60 Å². The van der Waals surface area contributed by atoms with E-state index in [-0.39, 0.29) is 34.5 Å². The van der Waals surface area contributed by atoms with Gasteiger partial charge in [-0.3, -0.25) is 18.9 Å². The Labute approximate surface area is 218 Å². The van der Waals surface area contributed by atoms with Crippen molar-refractivity contribution < 1.29 is 41.9 Å². The standard InChI is InChI=1S/C23H21ClF3N4O6P/c24-15-3-1-2-11(20(15)26)8-29-23(34)17-6-12(25)9-30(17)18(32)10-31-16-7-13(38(35,36)37)4-5-14(16)19(21(31)27)22(28)33/h1-5,7,12,17H,6,8-10H2,(H2,28,33)(H,29,34)(H2,35,36,37)/t12-,17+/m1/s1. The highest BCUT2D eigenvalue weighted by atomic mass is 35.5. The van der Waals surface area contributed by atoms with E-state index in [4.69, 9.17) is 17.3 Å². The fourth-order valence-corrected chi connectivity index (χ4v) is 5.15. The molecule has 1 aliphatic rings. The SMILES string of the molecule is NC(=O)c1c(F)n(CC(=O)N2C[C@H](F)C[C@H]2C(=O)NCc2cccc(Cl)c2F)c2cc(P(=O)(O)O)ccc12. The van der Waals surface area contributed by atoms with Crippen LogP contribution in [0, 0.1) is 11.8 Å². The molecule has 2 heterocycles. The van der Waals surface area contributed by atoms with Crippen LogP contribution in [0.4, 0.5) is 13.2 Å². The summed E-state index contributed by atoms with van der Waals surface area (Å²) in [4.78, 5) is 57.7. The number of likely N-dealkylation sites (tertiary alicyclic amines) is 1. The second kappa shape index (κ2) is 10.4. The maximum absolute atomic E-state index is 15.2. The van der Waals surface area contributed by atoms with Crippen molar-refractivity contribution in [2.75, 3.05) is 6.54 Å². The maximum atomic E-state index is 15.2. The summed E-state index contributed by atoms with van der Waals surface area (Å²) in [5.41, 5.74) is 4.53. The molecule has 3 aromatic rings.